The lowest BCUT2D eigenvalue weighted by atomic mass is 10.1. The highest BCUT2D eigenvalue weighted by Crippen LogP contribution is 2.10. The number of amides is 1. The van der Waals surface area contributed by atoms with E-state index in [0.29, 0.717) is 17.5 Å². The maximum atomic E-state index is 11.8. The van der Waals surface area contributed by atoms with Crippen molar-refractivity contribution in [3.8, 4) is 0 Å². The summed E-state index contributed by atoms with van der Waals surface area (Å²) in [5.41, 5.74) is 6.96. The van der Waals surface area contributed by atoms with Gasteiger partial charge in [-0.3, -0.25) is 4.79 Å². The number of oxazole rings is 1. The van der Waals surface area contributed by atoms with Gasteiger partial charge in [0, 0.05) is 11.6 Å². The quantitative estimate of drug-likeness (QED) is 0.886. The lowest BCUT2D eigenvalue weighted by molar-refractivity contribution is 0.0949. The normalized spacial score (nSPS) is 12.2. The Bertz CT molecular complexity index is 578. The van der Waals surface area contributed by atoms with Gasteiger partial charge in [0.1, 0.15) is 6.26 Å². The second-order valence-electron chi connectivity index (χ2n) is 4.49. The van der Waals surface area contributed by atoms with E-state index in [0.717, 1.165) is 12.0 Å². The van der Waals surface area contributed by atoms with E-state index in [1.165, 1.54) is 6.26 Å². The largest absolute Gasteiger partial charge is 0.446 e. The molecule has 5 nitrogen and oxygen atoms in total. The molecular formula is C14H16ClN3O2. The molecule has 2 aromatic rings. The van der Waals surface area contributed by atoms with E-state index >= 15 is 0 Å². The van der Waals surface area contributed by atoms with Crippen molar-refractivity contribution >= 4 is 17.5 Å². The molecule has 2 rings (SSSR count). The Balaban J connectivity index is 1.84. The van der Waals surface area contributed by atoms with Crippen LogP contribution in [0.1, 0.15) is 34.9 Å². The number of benzene rings is 1. The number of aromatic nitrogens is 1. The molecule has 1 unspecified atom stereocenters. The van der Waals surface area contributed by atoms with Crippen molar-refractivity contribution in [3.63, 3.8) is 0 Å². The summed E-state index contributed by atoms with van der Waals surface area (Å²) in [4.78, 5) is 15.9. The van der Waals surface area contributed by atoms with Crippen LogP contribution in [0.4, 0.5) is 0 Å². The summed E-state index contributed by atoms with van der Waals surface area (Å²) in [5.74, 6) is 0.0856. The van der Waals surface area contributed by atoms with Gasteiger partial charge in [-0.25, -0.2) is 4.98 Å². The number of hydrogen-bond donors (Lipinski definition) is 2. The van der Waals surface area contributed by atoms with Crippen molar-refractivity contribution in [3.05, 3.63) is 52.7 Å². The summed E-state index contributed by atoms with van der Waals surface area (Å²) in [5, 5.41) is 3.48. The Morgan fingerprint density at radius 1 is 1.45 bits per heavy atom. The van der Waals surface area contributed by atoms with Crippen LogP contribution < -0.4 is 11.1 Å². The molecule has 0 bridgehead atoms. The highest BCUT2D eigenvalue weighted by molar-refractivity contribution is 6.30. The Labute approximate surface area is 122 Å². The number of nitrogens with zero attached hydrogens (tertiary/aromatic N) is 1. The van der Waals surface area contributed by atoms with Gasteiger partial charge in [0.2, 0.25) is 5.89 Å². The molecule has 6 heteroatoms. The predicted molar refractivity (Wildman–Crippen MR) is 76.6 cm³/mol. The van der Waals surface area contributed by atoms with Crippen molar-refractivity contribution in [1.82, 2.24) is 10.3 Å². The molecule has 1 aromatic carbocycles. The first kappa shape index (κ1) is 14.6. The van der Waals surface area contributed by atoms with Crippen molar-refractivity contribution in [2.45, 2.75) is 19.4 Å². The smallest absolute Gasteiger partial charge is 0.273 e. The van der Waals surface area contributed by atoms with Gasteiger partial charge < -0.3 is 15.5 Å². The monoisotopic (exact) mass is 293 g/mol. The minimum atomic E-state index is -0.328. The molecule has 20 heavy (non-hydrogen) atoms. The minimum absolute atomic E-state index is 0.244. The molecule has 3 N–H and O–H groups in total. The zero-order valence-corrected chi connectivity index (χ0v) is 11.9. The third-order valence-electron chi connectivity index (χ3n) is 2.76. The molecule has 0 saturated carbocycles. The number of carbonyl (C=O) groups is 1. The van der Waals surface area contributed by atoms with Crippen LogP contribution in [-0.2, 0) is 6.42 Å². The highest BCUT2D eigenvalue weighted by atomic mass is 35.5. The summed E-state index contributed by atoms with van der Waals surface area (Å²) in [6.07, 6.45) is 2.04. The Morgan fingerprint density at radius 2 is 2.15 bits per heavy atom. The molecule has 1 atom stereocenters. The van der Waals surface area contributed by atoms with Gasteiger partial charge in [0.15, 0.2) is 5.69 Å². The van der Waals surface area contributed by atoms with Gasteiger partial charge >= 0.3 is 0 Å². The fourth-order valence-corrected chi connectivity index (χ4v) is 1.79. The zero-order chi connectivity index (χ0) is 14.5. The third kappa shape index (κ3) is 3.82. The number of hydrogen-bond acceptors (Lipinski definition) is 4. The van der Waals surface area contributed by atoms with E-state index in [-0.39, 0.29) is 17.6 Å². The minimum Gasteiger partial charge on any atom is -0.446 e. The zero-order valence-electron chi connectivity index (χ0n) is 11.1. The number of nitrogens with one attached hydrogen (secondary N) is 1. The number of halogens is 1. The number of rotatable bonds is 5. The molecule has 0 aliphatic rings. The lowest BCUT2D eigenvalue weighted by Gasteiger charge is -2.03. The van der Waals surface area contributed by atoms with Gasteiger partial charge in [-0.1, -0.05) is 23.7 Å². The molecule has 0 spiro atoms. The van der Waals surface area contributed by atoms with Gasteiger partial charge in [-0.15, -0.1) is 0 Å². The summed E-state index contributed by atoms with van der Waals surface area (Å²) in [6, 6.07) is 7.18. The van der Waals surface area contributed by atoms with Crippen LogP contribution >= 0.6 is 11.6 Å². The fraction of sp³-hybridized carbons (Fsp3) is 0.286. The van der Waals surface area contributed by atoms with Crippen molar-refractivity contribution in [2.75, 3.05) is 6.54 Å². The van der Waals surface area contributed by atoms with Gasteiger partial charge in [0.25, 0.3) is 5.91 Å². The van der Waals surface area contributed by atoms with E-state index < -0.39 is 0 Å². The summed E-state index contributed by atoms with van der Waals surface area (Å²) < 4.78 is 5.11. The van der Waals surface area contributed by atoms with Crippen LogP contribution in [0, 0.1) is 0 Å². The predicted octanol–water partition coefficient (Wildman–Crippen LogP) is 2.32. The van der Waals surface area contributed by atoms with Gasteiger partial charge in [-0.2, -0.15) is 0 Å². The first-order valence-corrected chi connectivity index (χ1v) is 6.67. The van der Waals surface area contributed by atoms with Crippen molar-refractivity contribution in [1.29, 1.82) is 0 Å². The molecule has 1 heterocycles. The van der Waals surface area contributed by atoms with E-state index in [1.807, 2.05) is 24.3 Å². The molecule has 106 valence electrons. The standard InChI is InChI=1S/C14H16ClN3O2/c1-9(16)14-18-12(8-20-14)13(19)17-7-6-10-2-4-11(15)5-3-10/h2-5,8-9H,6-7,16H2,1H3,(H,17,19). The topological polar surface area (TPSA) is 81.1 Å². The Morgan fingerprint density at radius 3 is 2.75 bits per heavy atom. The molecule has 0 aliphatic carbocycles. The van der Waals surface area contributed by atoms with Gasteiger partial charge in [-0.05, 0) is 31.0 Å². The molecule has 0 saturated heterocycles. The molecule has 0 aliphatic heterocycles. The second kappa shape index (κ2) is 6.54. The summed E-state index contributed by atoms with van der Waals surface area (Å²) in [6.45, 7) is 2.26. The van der Waals surface area contributed by atoms with E-state index in [4.69, 9.17) is 21.8 Å². The average molecular weight is 294 g/mol. The highest BCUT2D eigenvalue weighted by Gasteiger charge is 2.13. The Kier molecular flexibility index (Phi) is 4.76. The van der Waals surface area contributed by atoms with E-state index in [2.05, 4.69) is 10.3 Å². The average Bonchev–Trinajstić information content (AvgIpc) is 2.91. The third-order valence-corrected chi connectivity index (χ3v) is 3.01. The molecular weight excluding hydrogens is 278 g/mol. The lowest BCUT2D eigenvalue weighted by Crippen LogP contribution is -2.26. The van der Waals surface area contributed by atoms with Crippen LogP contribution in [0.5, 0.6) is 0 Å². The molecule has 1 amide bonds. The van der Waals surface area contributed by atoms with Crippen LogP contribution in [0.3, 0.4) is 0 Å². The first-order valence-electron chi connectivity index (χ1n) is 6.30. The van der Waals surface area contributed by atoms with Crippen LogP contribution in [0.2, 0.25) is 5.02 Å². The van der Waals surface area contributed by atoms with Crippen molar-refractivity contribution in [2.24, 2.45) is 5.73 Å². The molecule has 1 aromatic heterocycles. The maximum Gasteiger partial charge on any atom is 0.273 e. The molecule has 0 fully saturated rings. The van der Waals surface area contributed by atoms with Crippen LogP contribution in [0.15, 0.2) is 34.9 Å². The van der Waals surface area contributed by atoms with Crippen molar-refractivity contribution < 1.29 is 9.21 Å². The summed E-state index contributed by atoms with van der Waals surface area (Å²) >= 11 is 5.81. The Hall–Kier alpha value is -1.85. The second-order valence-corrected chi connectivity index (χ2v) is 4.93. The van der Waals surface area contributed by atoms with Crippen LogP contribution in [0.25, 0.3) is 0 Å². The van der Waals surface area contributed by atoms with Crippen LogP contribution in [-0.4, -0.2) is 17.4 Å². The fourth-order valence-electron chi connectivity index (χ4n) is 1.66. The van der Waals surface area contributed by atoms with E-state index in [1.54, 1.807) is 6.92 Å². The first-order chi connectivity index (χ1) is 9.56. The SMILES string of the molecule is CC(N)c1nc(C(=O)NCCc2ccc(Cl)cc2)co1. The van der Waals surface area contributed by atoms with Gasteiger partial charge in [0.05, 0.1) is 6.04 Å². The maximum absolute atomic E-state index is 11.8. The summed E-state index contributed by atoms with van der Waals surface area (Å²) in [7, 11) is 0. The molecule has 0 radical (unpaired) electrons. The number of nitrogens with two attached hydrogens (primary N) is 1. The van der Waals surface area contributed by atoms with E-state index in [9.17, 15) is 4.79 Å². The number of carbonyl (C=O) groups excluding carboxylic acids is 1.